The zero-order chi connectivity index (χ0) is 19.8. The van der Waals surface area contributed by atoms with Crippen LogP contribution >= 0.6 is 0 Å². The van der Waals surface area contributed by atoms with E-state index >= 15 is 0 Å². The van der Waals surface area contributed by atoms with Gasteiger partial charge in [-0.2, -0.15) is 0 Å². The maximum atomic E-state index is 11.3. The maximum absolute atomic E-state index is 11.3. The molecule has 0 atom stereocenters. The first-order chi connectivity index (χ1) is 12.3. The Bertz CT molecular complexity index is 408. The highest BCUT2D eigenvalue weighted by atomic mass is 16.4. The summed E-state index contributed by atoms with van der Waals surface area (Å²) in [5.41, 5.74) is 0. The molecule has 0 bridgehead atoms. The van der Waals surface area contributed by atoms with Crippen molar-refractivity contribution in [3.63, 3.8) is 0 Å². The van der Waals surface area contributed by atoms with Crippen molar-refractivity contribution >= 4 is 11.9 Å². The molecule has 26 heavy (non-hydrogen) atoms. The molecule has 0 fully saturated rings. The molecule has 0 spiro atoms. The first-order valence-corrected chi connectivity index (χ1v) is 10.2. The van der Waals surface area contributed by atoms with Gasteiger partial charge in [0.15, 0.2) is 0 Å². The molecule has 0 saturated carbocycles. The van der Waals surface area contributed by atoms with E-state index < -0.39 is 5.97 Å². The van der Waals surface area contributed by atoms with Crippen LogP contribution in [0.1, 0.15) is 70.6 Å². The maximum Gasteiger partial charge on any atom is 0.303 e. The average molecular weight is 370 g/mol. The smallest absolute Gasteiger partial charge is 0.303 e. The standard InChI is InChI=1S/C21H40N2O3/c1-5-20(24)22(2)17-13-11-9-7-6-8-10-12-14-18-23(3,4)19-15-16-21(25)26/h5H,1,6-19H2,2-4H3/p+1. The molecule has 0 aliphatic heterocycles. The number of nitrogens with zero attached hydrogens (tertiary/aromatic N) is 2. The van der Waals surface area contributed by atoms with Crippen molar-refractivity contribution in [1.29, 1.82) is 0 Å². The first-order valence-electron chi connectivity index (χ1n) is 10.2. The highest BCUT2D eigenvalue weighted by molar-refractivity contribution is 5.86. The minimum Gasteiger partial charge on any atom is -0.481 e. The second-order valence-electron chi connectivity index (χ2n) is 8.03. The van der Waals surface area contributed by atoms with Crippen LogP contribution in [0.4, 0.5) is 0 Å². The van der Waals surface area contributed by atoms with Crippen LogP contribution in [-0.4, -0.2) is 67.1 Å². The van der Waals surface area contributed by atoms with E-state index in [1.54, 1.807) is 4.90 Å². The number of unbranched alkanes of at least 4 members (excludes halogenated alkanes) is 8. The van der Waals surface area contributed by atoms with Crippen molar-refractivity contribution < 1.29 is 19.2 Å². The van der Waals surface area contributed by atoms with Gasteiger partial charge in [-0.1, -0.05) is 45.1 Å². The summed E-state index contributed by atoms with van der Waals surface area (Å²) in [6.07, 6.45) is 13.6. The lowest BCUT2D eigenvalue weighted by Crippen LogP contribution is -2.41. The number of carbonyl (C=O) groups excluding carboxylic acids is 1. The largest absolute Gasteiger partial charge is 0.481 e. The van der Waals surface area contributed by atoms with Gasteiger partial charge in [0.25, 0.3) is 0 Å². The van der Waals surface area contributed by atoms with Crippen LogP contribution in [0, 0.1) is 0 Å². The number of hydrogen-bond donors (Lipinski definition) is 1. The fourth-order valence-electron chi connectivity index (χ4n) is 3.16. The summed E-state index contributed by atoms with van der Waals surface area (Å²) in [6.45, 7) is 6.40. The normalized spacial score (nSPS) is 11.3. The van der Waals surface area contributed by atoms with Crippen LogP contribution in [0.25, 0.3) is 0 Å². The number of carbonyl (C=O) groups is 2. The molecule has 0 aliphatic carbocycles. The Morgan fingerprint density at radius 1 is 0.885 bits per heavy atom. The number of rotatable bonds is 17. The fourth-order valence-corrected chi connectivity index (χ4v) is 3.16. The Kier molecular flexibility index (Phi) is 14.0. The molecule has 0 heterocycles. The second kappa shape index (κ2) is 14.8. The van der Waals surface area contributed by atoms with Gasteiger partial charge in [0.1, 0.15) is 0 Å². The predicted octanol–water partition coefficient (Wildman–Crippen LogP) is 4.08. The van der Waals surface area contributed by atoms with E-state index in [1.165, 1.54) is 57.4 Å². The lowest BCUT2D eigenvalue weighted by Gasteiger charge is -2.29. The van der Waals surface area contributed by atoms with Crippen LogP contribution in [0.15, 0.2) is 12.7 Å². The Morgan fingerprint density at radius 3 is 1.85 bits per heavy atom. The molecule has 5 nitrogen and oxygen atoms in total. The van der Waals surface area contributed by atoms with Crippen LogP contribution in [0.3, 0.4) is 0 Å². The fraction of sp³-hybridized carbons (Fsp3) is 0.810. The third-order valence-electron chi connectivity index (χ3n) is 4.96. The van der Waals surface area contributed by atoms with Crippen molar-refractivity contribution in [2.75, 3.05) is 40.8 Å². The van der Waals surface area contributed by atoms with Gasteiger partial charge in [0.2, 0.25) is 5.91 Å². The van der Waals surface area contributed by atoms with Crippen LogP contribution < -0.4 is 0 Å². The molecular weight excluding hydrogens is 328 g/mol. The quantitative estimate of drug-likeness (QED) is 0.239. The minimum absolute atomic E-state index is 0.00804. The number of likely N-dealkylation sites (N-methyl/N-ethyl adjacent to an activating group) is 1. The van der Waals surface area contributed by atoms with E-state index in [9.17, 15) is 9.59 Å². The van der Waals surface area contributed by atoms with Crippen molar-refractivity contribution in [3.05, 3.63) is 12.7 Å². The topological polar surface area (TPSA) is 57.6 Å². The highest BCUT2D eigenvalue weighted by Crippen LogP contribution is 2.12. The van der Waals surface area contributed by atoms with Crippen molar-refractivity contribution in [3.8, 4) is 0 Å². The molecule has 0 unspecified atom stereocenters. The third kappa shape index (κ3) is 14.9. The number of carboxylic acid groups (broad SMARTS) is 1. The monoisotopic (exact) mass is 369 g/mol. The Labute approximate surface area is 160 Å². The lowest BCUT2D eigenvalue weighted by molar-refractivity contribution is -0.890. The van der Waals surface area contributed by atoms with Gasteiger partial charge in [-0.25, -0.2) is 0 Å². The molecule has 0 saturated heterocycles. The van der Waals surface area contributed by atoms with Gasteiger partial charge < -0.3 is 14.5 Å². The van der Waals surface area contributed by atoms with E-state index in [2.05, 4.69) is 20.7 Å². The van der Waals surface area contributed by atoms with Crippen molar-refractivity contribution in [1.82, 2.24) is 4.90 Å². The van der Waals surface area contributed by atoms with E-state index in [-0.39, 0.29) is 12.3 Å². The van der Waals surface area contributed by atoms with E-state index in [0.717, 1.165) is 37.0 Å². The molecule has 0 radical (unpaired) electrons. The van der Waals surface area contributed by atoms with E-state index in [0.29, 0.717) is 0 Å². The summed E-state index contributed by atoms with van der Waals surface area (Å²) in [6, 6.07) is 0. The van der Waals surface area contributed by atoms with E-state index in [4.69, 9.17) is 5.11 Å². The van der Waals surface area contributed by atoms with Crippen molar-refractivity contribution in [2.45, 2.75) is 70.6 Å². The zero-order valence-corrected chi connectivity index (χ0v) is 17.3. The number of hydrogen-bond acceptors (Lipinski definition) is 2. The summed E-state index contributed by atoms with van der Waals surface area (Å²) in [7, 11) is 6.22. The molecule has 1 N–H and O–H groups in total. The first kappa shape index (κ1) is 24.6. The summed E-state index contributed by atoms with van der Waals surface area (Å²) >= 11 is 0. The Hall–Kier alpha value is -1.36. The molecule has 0 aromatic rings. The molecule has 0 aromatic carbocycles. The Morgan fingerprint density at radius 2 is 1.35 bits per heavy atom. The summed E-state index contributed by atoms with van der Waals surface area (Å²) in [5.74, 6) is -0.684. The molecular formula is C21H41N2O3+. The summed E-state index contributed by atoms with van der Waals surface area (Å²) in [4.78, 5) is 23.6. The van der Waals surface area contributed by atoms with Crippen LogP contribution in [0.2, 0.25) is 0 Å². The van der Waals surface area contributed by atoms with Gasteiger partial charge in [0.05, 0.1) is 33.6 Å². The van der Waals surface area contributed by atoms with Gasteiger partial charge >= 0.3 is 5.97 Å². The molecule has 0 rings (SSSR count). The molecule has 1 amide bonds. The summed E-state index contributed by atoms with van der Waals surface area (Å²) < 4.78 is 0.927. The SMILES string of the molecule is C=CC(=O)N(C)CCCCCCCCCCC[N+](C)(C)CCCC(=O)O. The zero-order valence-electron chi connectivity index (χ0n) is 17.3. The van der Waals surface area contributed by atoms with Crippen LogP contribution in [-0.2, 0) is 9.59 Å². The average Bonchev–Trinajstić information content (AvgIpc) is 2.58. The number of quaternary nitrogens is 1. The van der Waals surface area contributed by atoms with Gasteiger partial charge in [-0.15, -0.1) is 0 Å². The highest BCUT2D eigenvalue weighted by Gasteiger charge is 2.14. The molecule has 152 valence electrons. The predicted molar refractivity (Wildman–Crippen MR) is 108 cm³/mol. The van der Waals surface area contributed by atoms with Crippen molar-refractivity contribution in [2.24, 2.45) is 0 Å². The number of carboxylic acids is 1. The molecule has 5 heteroatoms. The van der Waals surface area contributed by atoms with Crippen LogP contribution in [0.5, 0.6) is 0 Å². The summed E-state index contributed by atoms with van der Waals surface area (Å²) in [5, 5.41) is 8.71. The second-order valence-corrected chi connectivity index (χ2v) is 8.03. The van der Waals surface area contributed by atoms with Gasteiger partial charge in [-0.3, -0.25) is 9.59 Å². The van der Waals surface area contributed by atoms with E-state index in [1.807, 2.05) is 7.05 Å². The Balaban J connectivity index is 3.41. The van der Waals surface area contributed by atoms with Gasteiger partial charge in [0, 0.05) is 20.0 Å². The minimum atomic E-state index is -0.692. The van der Waals surface area contributed by atoms with Gasteiger partial charge in [-0.05, 0) is 25.3 Å². The third-order valence-corrected chi connectivity index (χ3v) is 4.96. The number of aliphatic carboxylic acids is 1. The molecule has 0 aromatic heterocycles. The molecule has 0 aliphatic rings. The number of amides is 1. The lowest BCUT2D eigenvalue weighted by atomic mass is 10.1.